The molecule has 3 rings (SSSR count). The van der Waals surface area contributed by atoms with E-state index in [1.807, 2.05) is 0 Å². The van der Waals surface area contributed by atoms with E-state index >= 15 is 0 Å². The van der Waals surface area contributed by atoms with Crippen LogP contribution in [0.4, 0.5) is 0 Å². The molecule has 1 atom stereocenters. The first-order chi connectivity index (χ1) is 11.7. The lowest BCUT2D eigenvalue weighted by atomic mass is 9.87. The molecule has 0 heterocycles. The van der Waals surface area contributed by atoms with Gasteiger partial charge in [0.2, 0.25) is 0 Å². The van der Waals surface area contributed by atoms with Gasteiger partial charge >= 0.3 is 0 Å². The van der Waals surface area contributed by atoms with Gasteiger partial charge in [-0.15, -0.1) is 0 Å². The van der Waals surface area contributed by atoms with E-state index in [4.69, 9.17) is 0 Å². The maximum Gasteiger partial charge on any atom is 0.0776 e. The maximum absolute atomic E-state index is 2.30. The van der Waals surface area contributed by atoms with E-state index in [-0.39, 0.29) is 0 Å². The minimum atomic E-state index is 0.464. The largest absolute Gasteiger partial charge is 0.340 e. The molecule has 0 saturated carbocycles. The van der Waals surface area contributed by atoms with Gasteiger partial charge in [-0.3, -0.25) is 0 Å². The normalized spacial score (nSPS) is 12.3. The first-order valence-corrected chi connectivity index (χ1v) is 8.73. The second-order valence-corrected chi connectivity index (χ2v) is 6.70. The summed E-state index contributed by atoms with van der Waals surface area (Å²) in [5, 5.41) is 0. The highest BCUT2D eigenvalue weighted by molar-refractivity contribution is 5.63. The Morgan fingerprint density at radius 2 is 1.12 bits per heavy atom. The SMILES string of the molecule is C[NH+](C)CCC(c1ccccc1)c1ccc(-c2ccccc2)cc1. The number of quaternary nitrogens is 1. The van der Waals surface area contributed by atoms with E-state index < -0.39 is 0 Å². The highest BCUT2D eigenvalue weighted by Gasteiger charge is 2.15. The van der Waals surface area contributed by atoms with Gasteiger partial charge in [-0.05, 0) is 22.3 Å². The molecule has 0 aromatic heterocycles. The smallest absolute Gasteiger partial charge is 0.0776 e. The molecule has 0 aliphatic carbocycles. The summed E-state index contributed by atoms with van der Waals surface area (Å²) >= 11 is 0. The Morgan fingerprint density at radius 3 is 1.71 bits per heavy atom. The fourth-order valence-electron chi connectivity index (χ4n) is 3.18. The fourth-order valence-corrected chi connectivity index (χ4v) is 3.18. The molecule has 122 valence electrons. The Balaban J connectivity index is 1.87. The monoisotopic (exact) mass is 316 g/mol. The molecule has 0 spiro atoms. The van der Waals surface area contributed by atoms with Crippen molar-refractivity contribution in [2.45, 2.75) is 12.3 Å². The van der Waals surface area contributed by atoms with Crippen LogP contribution in [0.15, 0.2) is 84.9 Å². The van der Waals surface area contributed by atoms with Crippen molar-refractivity contribution < 1.29 is 4.90 Å². The van der Waals surface area contributed by atoms with Crippen molar-refractivity contribution in [2.24, 2.45) is 0 Å². The summed E-state index contributed by atoms with van der Waals surface area (Å²) < 4.78 is 0. The van der Waals surface area contributed by atoms with Crippen LogP contribution < -0.4 is 4.90 Å². The Hall–Kier alpha value is -2.38. The topological polar surface area (TPSA) is 4.44 Å². The standard InChI is InChI=1S/C23H25N/c1-24(2)18-17-23(21-11-7-4-8-12-21)22-15-13-20(14-16-22)19-9-5-3-6-10-19/h3-16,23H,17-18H2,1-2H3/p+1. The molecule has 0 amide bonds. The molecule has 0 radical (unpaired) electrons. The third-order valence-electron chi connectivity index (χ3n) is 4.56. The molecule has 0 saturated heterocycles. The summed E-state index contributed by atoms with van der Waals surface area (Å²) in [6.07, 6.45) is 1.16. The average molecular weight is 316 g/mol. The van der Waals surface area contributed by atoms with Crippen LogP contribution in [0.2, 0.25) is 0 Å². The molecule has 1 heteroatoms. The van der Waals surface area contributed by atoms with Crippen molar-refractivity contribution in [1.82, 2.24) is 0 Å². The molecule has 24 heavy (non-hydrogen) atoms. The molecule has 1 unspecified atom stereocenters. The van der Waals surface area contributed by atoms with E-state index in [1.165, 1.54) is 33.7 Å². The van der Waals surface area contributed by atoms with Crippen LogP contribution in [0.1, 0.15) is 23.5 Å². The van der Waals surface area contributed by atoms with Gasteiger partial charge < -0.3 is 4.90 Å². The summed E-state index contributed by atoms with van der Waals surface area (Å²) in [5.74, 6) is 0.464. The Kier molecular flexibility index (Phi) is 5.45. The molecule has 0 bridgehead atoms. The number of benzene rings is 3. The lowest BCUT2D eigenvalue weighted by molar-refractivity contribution is -0.858. The van der Waals surface area contributed by atoms with Gasteiger partial charge in [-0.1, -0.05) is 84.9 Å². The van der Waals surface area contributed by atoms with Crippen molar-refractivity contribution in [3.8, 4) is 11.1 Å². The van der Waals surface area contributed by atoms with Gasteiger partial charge in [0.25, 0.3) is 0 Å². The van der Waals surface area contributed by atoms with Gasteiger partial charge in [-0.25, -0.2) is 0 Å². The van der Waals surface area contributed by atoms with Gasteiger partial charge in [0, 0.05) is 12.3 Å². The second-order valence-electron chi connectivity index (χ2n) is 6.70. The van der Waals surface area contributed by atoms with Crippen LogP contribution in [0.3, 0.4) is 0 Å². The van der Waals surface area contributed by atoms with Crippen molar-refractivity contribution in [3.63, 3.8) is 0 Å². The van der Waals surface area contributed by atoms with E-state index in [2.05, 4.69) is 99.0 Å². The molecule has 3 aromatic rings. The molecule has 1 nitrogen and oxygen atoms in total. The lowest BCUT2D eigenvalue weighted by Crippen LogP contribution is -3.05. The van der Waals surface area contributed by atoms with Crippen LogP contribution >= 0.6 is 0 Å². The molecule has 1 N–H and O–H groups in total. The van der Waals surface area contributed by atoms with Gasteiger partial charge in [0.1, 0.15) is 0 Å². The van der Waals surface area contributed by atoms with Crippen molar-refractivity contribution in [3.05, 3.63) is 96.1 Å². The van der Waals surface area contributed by atoms with E-state index in [1.54, 1.807) is 0 Å². The third kappa shape index (κ3) is 4.12. The van der Waals surface area contributed by atoms with Gasteiger partial charge in [0.05, 0.1) is 20.6 Å². The zero-order valence-corrected chi connectivity index (χ0v) is 14.6. The summed E-state index contributed by atoms with van der Waals surface area (Å²) in [4.78, 5) is 1.50. The van der Waals surface area contributed by atoms with Crippen LogP contribution in [0, 0.1) is 0 Å². The lowest BCUT2D eigenvalue weighted by Gasteiger charge is -2.19. The highest BCUT2D eigenvalue weighted by Crippen LogP contribution is 2.29. The number of hydrogen-bond acceptors (Lipinski definition) is 0. The maximum atomic E-state index is 2.30. The zero-order valence-electron chi connectivity index (χ0n) is 14.6. The Labute approximate surface area is 145 Å². The molecular formula is C23H26N+. The highest BCUT2D eigenvalue weighted by atomic mass is 15.0. The van der Waals surface area contributed by atoms with Gasteiger partial charge in [-0.2, -0.15) is 0 Å². The predicted octanol–water partition coefficient (Wildman–Crippen LogP) is 4.02. The molecule has 3 aromatic carbocycles. The average Bonchev–Trinajstić information content (AvgIpc) is 2.64. The zero-order chi connectivity index (χ0) is 16.8. The molecular weight excluding hydrogens is 290 g/mol. The number of rotatable bonds is 6. The summed E-state index contributed by atoms with van der Waals surface area (Å²) in [6, 6.07) is 30.6. The van der Waals surface area contributed by atoms with Gasteiger partial charge in [0.15, 0.2) is 0 Å². The molecule has 0 aliphatic rings. The van der Waals surface area contributed by atoms with Crippen LogP contribution in [0.5, 0.6) is 0 Å². The quantitative estimate of drug-likeness (QED) is 0.700. The van der Waals surface area contributed by atoms with E-state index in [9.17, 15) is 0 Å². The summed E-state index contributed by atoms with van der Waals surface area (Å²) in [7, 11) is 4.45. The fraction of sp³-hybridized carbons (Fsp3) is 0.217. The minimum Gasteiger partial charge on any atom is -0.340 e. The first kappa shape index (κ1) is 16.5. The summed E-state index contributed by atoms with van der Waals surface area (Å²) in [6.45, 7) is 1.17. The number of hydrogen-bond donors (Lipinski definition) is 1. The molecule has 0 aliphatic heterocycles. The van der Waals surface area contributed by atoms with E-state index in [0.29, 0.717) is 5.92 Å². The van der Waals surface area contributed by atoms with Crippen LogP contribution in [0.25, 0.3) is 11.1 Å². The third-order valence-corrected chi connectivity index (χ3v) is 4.56. The van der Waals surface area contributed by atoms with Crippen molar-refractivity contribution >= 4 is 0 Å². The summed E-state index contributed by atoms with van der Waals surface area (Å²) in [5.41, 5.74) is 5.37. The minimum absolute atomic E-state index is 0.464. The van der Waals surface area contributed by atoms with Crippen LogP contribution in [-0.4, -0.2) is 20.6 Å². The van der Waals surface area contributed by atoms with Crippen molar-refractivity contribution in [1.29, 1.82) is 0 Å². The first-order valence-electron chi connectivity index (χ1n) is 8.73. The van der Waals surface area contributed by atoms with Crippen LogP contribution in [-0.2, 0) is 0 Å². The van der Waals surface area contributed by atoms with Crippen molar-refractivity contribution in [2.75, 3.05) is 20.6 Å². The number of nitrogens with one attached hydrogen (secondary N) is 1. The second kappa shape index (κ2) is 7.94. The Bertz CT molecular complexity index is 730. The predicted molar refractivity (Wildman–Crippen MR) is 102 cm³/mol. The molecule has 0 fully saturated rings. The van der Waals surface area contributed by atoms with E-state index in [0.717, 1.165) is 6.42 Å². The Morgan fingerprint density at radius 1 is 0.625 bits per heavy atom.